The highest BCUT2D eigenvalue weighted by Gasteiger charge is 2.69. The van der Waals surface area contributed by atoms with Crippen molar-refractivity contribution in [1.82, 2.24) is 0 Å². The van der Waals surface area contributed by atoms with E-state index in [4.69, 9.17) is 37.9 Å². The van der Waals surface area contributed by atoms with Crippen LogP contribution in [0.1, 0.15) is 120 Å². The summed E-state index contributed by atoms with van der Waals surface area (Å²) in [6.07, 6.45) is 5.02. The van der Waals surface area contributed by atoms with Crippen molar-refractivity contribution in [2.75, 3.05) is 13.2 Å². The van der Waals surface area contributed by atoms with Gasteiger partial charge in [0.1, 0.15) is 12.7 Å². The molecular weight excluding hydrogens is 684 g/mol. The van der Waals surface area contributed by atoms with Gasteiger partial charge < -0.3 is 37.9 Å². The third-order valence-corrected chi connectivity index (χ3v) is 15.2. The first kappa shape index (κ1) is 39.0. The van der Waals surface area contributed by atoms with Gasteiger partial charge in [0, 0.05) is 40.0 Å². The second-order valence-electron chi connectivity index (χ2n) is 18.3. The zero-order valence-corrected chi connectivity index (χ0v) is 33.0. The van der Waals surface area contributed by atoms with Crippen LogP contribution in [0.25, 0.3) is 0 Å². The maximum atomic E-state index is 12.4. The predicted octanol–water partition coefficient (Wildman–Crippen LogP) is 5.90. The molecule has 4 saturated carbocycles. The Morgan fingerprint density at radius 2 is 1.40 bits per heavy atom. The van der Waals surface area contributed by atoms with E-state index < -0.39 is 60.4 Å². The van der Waals surface area contributed by atoms with Gasteiger partial charge in [0.2, 0.25) is 0 Å². The molecular formula is C41H62O12. The molecule has 17 atom stereocenters. The molecule has 3 aliphatic heterocycles. The van der Waals surface area contributed by atoms with Crippen LogP contribution in [-0.4, -0.2) is 85.8 Å². The molecule has 0 N–H and O–H groups in total. The van der Waals surface area contributed by atoms with Crippen LogP contribution < -0.4 is 0 Å². The number of fused-ring (bicyclic) bond motifs is 7. The Morgan fingerprint density at radius 1 is 0.717 bits per heavy atom. The fourth-order valence-corrected chi connectivity index (χ4v) is 12.8. The average molecular weight is 747 g/mol. The predicted molar refractivity (Wildman–Crippen MR) is 189 cm³/mol. The van der Waals surface area contributed by atoms with Crippen LogP contribution in [0.4, 0.5) is 0 Å². The van der Waals surface area contributed by atoms with Gasteiger partial charge in [0.15, 0.2) is 30.4 Å². The fraction of sp³-hybridized carbons (Fsp3) is 0.902. The van der Waals surface area contributed by atoms with Gasteiger partial charge in [-0.15, -0.1) is 0 Å². The monoisotopic (exact) mass is 746 g/mol. The van der Waals surface area contributed by atoms with Gasteiger partial charge in [-0.1, -0.05) is 27.7 Å². The highest BCUT2D eigenvalue weighted by molar-refractivity contribution is 5.68. The number of carbonyl (C=O) groups is 4. The fourth-order valence-electron chi connectivity index (χ4n) is 12.8. The molecule has 0 unspecified atom stereocenters. The van der Waals surface area contributed by atoms with Crippen LogP contribution in [0, 0.1) is 52.3 Å². The van der Waals surface area contributed by atoms with Gasteiger partial charge in [-0.2, -0.15) is 0 Å². The molecule has 4 aliphatic carbocycles. The second kappa shape index (κ2) is 14.7. The molecule has 298 valence electrons. The second-order valence-corrected chi connectivity index (χ2v) is 18.3. The molecule has 0 aromatic heterocycles. The quantitative estimate of drug-likeness (QED) is 0.174. The Bertz CT molecular complexity index is 1410. The van der Waals surface area contributed by atoms with E-state index in [1.54, 1.807) is 0 Å². The van der Waals surface area contributed by atoms with E-state index >= 15 is 0 Å². The lowest BCUT2D eigenvalue weighted by Crippen LogP contribution is -2.63. The van der Waals surface area contributed by atoms with Crippen molar-refractivity contribution in [3.63, 3.8) is 0 Å². The van der Waals surface area contributed by atoms with Crippen LogP contribution in [0.3, 0.4) is 0 Å². The normalized spacial score (nSPS) is 48.8. The summed E-state index contributed by atoms with van der Waals surface area (Å²) < 4.78 is 48.7. The zero-order valence-electron chi connectivity index (χ0n) is 33.0. The van der Waals surface area contributed by atoms with E-state index in [1.165, 1.54) is 53.4 Å². The molecule has 53 heavy (non-hydrogen) atoms. The highest BCUT2D eigenvalue weighted by Crippen LogP contribution is 2.71. The maximum Gasteiger partial charge on any atom is 0.303 e. The largest absolute Gasteiger partial charge is 0.463 e. The SMILES string of the molecule is CC(=O)OC[C@H]1O[C@@H](O[C@H]2CC[C@@]3(C)[C@@H](CC[C@@H]4[C@@H]3CC[C@]3(C)[C@@H]5[C@H](C[C@@H]43)O[C@]3(CC[C@@H](C)CO3)[C@H]5C)C2)[C@H](OC(C)=O)[C@@H](OC(C)=O)[C@H]1OC(C)=O. The molecule has 12 nitrogen and oxygen atoms in total. The van der Waals surface area contributed by atoms with Crippen molar-refractivity contribution in [3.05, 3.63) is 0 Å². The molecule has 12 heteroatoms. The standard InChI is InChI=1S/C41H62O12/c1-21-11-16-41(47-19-21)22(2)34-32(53-41)18-31-29-10-9-27-17-28(12-14-39(27,7)30(29)13-15-40(31,34)8)51-38-37(50-26(6)45)36(49-25(5)44)35(48-24(4)43)33(52-38)20-46-23(3)42/h21-22,27-38H,9-20H2,1-8H3/t21-,22+,27+,28+,29-,30+,31+,32+,33-,34+,35+,36+,37-,38-,39+,40+,41-/m1/s1. The van der Waals surface area contributed by atoms with E-state index in [0.717, 1.165) is 45.1 Å². The lowest BCUT2D eigenvalue weighted by molar-refractivity contribution is -0.321. The van der Waals surface area contributed by atoms with Gasteiger partial charge in [-0.05, 0) is 104 Å². The molecule has 1 spiro atoms. The summed E-state index contributed by atoms with van der Waals surface area (Å²) in [5.41, 5.74) is 0.444. The van der Waals surface area contributed by atoms with Crippen molar-refractivity contribution < 1.29 is 57.1 Å². The van der Waals surface area contributed by atoms with Crippen molar-refractivity contribution in [2.45, 2.75) is 168 Å². The van der Waals surface area contributed by atoms with E-state index in [0.29, 0.717) is 41.4 Å². The summed E-state index contributed by atoms with van der Waals surface area (Å²) in [6, 6.07) is 0. The van der Waals surface area contributed by atoms with Crippen molar-refractivity contribution in [1.29, 1.82) is 0 Å². The van der Waals surface area contributed by atoms with Gasteiger partial charge in [0.25, 0.3) is 0 Å². The lowest BCUT2D eigenvalue weighted by atomic mass is 9.44. The topological polar surface area (TPSA) is 142 Å². The molecule has 7 fully saturated rings. The van der Waals surface area contributed by atoms with Gasteiger partial charge in [-0.3, -0.25) is 19.2 Å². The third-order valence-electron chi connectivity index (χ3n) is 15.2. The highest BCUT2D eigenvalue weighted by atomic mass is 16.7. The number of esters is 4. The van der Waals surface area contributed by atoms with E-state index in [9.17, 15) is 19.2 Å². The van der Waals surface area contributed by atoms with Crippen LogP contribution in [0.15, 0.2) is 0 Å². The lowest BCUT2D eigenvalue weighted by Gasteiger charge is -2.61. The molecule has 0 bridgehead atoms. The summed E-state index contributed by atoms with van der Waals surface area (Å²) in [6.45, 7) is 15.3. The van der Waals surface area contributed by atoms with E-state index in [1.807, 2.05) is 0 Å². The molecule has 7 aliphatic rings. The molecule has 7 rings (SSSR count). The number of ether oxygens (including phenoxy) is 8. The summed E-state index contributed by atoms with van der Waals surface area (Å²) in [5.74, 6) is 1.07. The molecule has 3 saturated heterocycles. The minimum Gasteiger partial charge on any atom is -0.463 e. The summed E-state index contributed by atoms with van der Waals surface area (Å²) in [7, 11) is 0. The van der Waals surface area contributed by atoms with Gasteiger partial charge >= 0.3 is 23.9 Å². The maximum absolute atomic E-state index is 12.4. The average Bonchev–Trinajstić information content (AvgIpc) is 3.53. The summed E-state index contributed by atoms with van der Waals surface area (Å²) in [4.78, 5) is 48.6. The summed E-state index contributed by atoms with van der Waals surface area (Å²) >= 11 is 0. The van der Waals surface area contributed by atoms with Crippen LogP contribution >= 0.6 is 0 Å². The Kier molecular flexibility index (Phi) is 10.8. The van der Waals surface area contributed by atoms with Gasteiger partial charge in [0.05, 0.1) is 18.8 Å². The van der Waals surface area contributed by atoms with Gasteiger partial charge in [-0.25, -0.2) is 0 Å². The molecule has 0 aromatic rings. The number of hydrogen-bond acceptors (Lipinski definition) is 12. The van der Waals surface area contributed by atoms with Crippen molar-refractivity contribution in [3.8, 4) is 0 Å². The Morgan fingerprint density at radius 3 is 2.06 bits per heavy atom. The zero-order chi connectivity index (χ0) is 38.0. The van der Waals surface area contributed by atoms with E-state index in [2.05, 4.69) is 27.7 Å². The first-order chi connectivity index (χ1) is 25.0. The van der Waals surface area contributed by atoms with Crippen molar-refractivity contribution in [2.24, 2.45) is 52.3 Å². The Hall–Kier alpha value is -2.28. The van der Waals surface area contributed by atoms with Crippen LogP contribution in [-0.2, 0) is 57.1 Å². The minimum absolute atomic E-state index is 0.180. The molecule has 0 radical (unpaired) electrons. The number of rotatable bonds is 7. The first-order valence-corrected chi connectivity index (χ1v) is 20.3. The number of hydrogen-bond donors (Lipinski definition) is 0. The van der Waals surface area contributed by atoms with E-state index in [-0.39, 0.29) is 29.6 Å². The molecule has 3 heterocycles. The van der Waals surface area contributed by atoms with Crippen LogP contribution in [0.2, 0.25) is 0 Å². The molecule has 0 aromatic carbocycles. The third kappa shape index (κ3) is 7.05. The Labute approximate surface area is 314 Å². The van der Waals surface area contributed by atoms with Crippen molar-refractivity contribution >= 4 is 23.9 Å². The van der Waals surface area contributed by atoms with Crippen LogP contribution in [0.5, 0.6) is 0 Å². The molecule has 0 amide bonds. The Balaban J connectivity index is 1.05. The summed E-state index contributed by atoms with van der Waals surface area (Å²) in [5, 5.41) is 0. The smallest absolute Gasteiger partial charge is 0.303 e. The first-order valence-electron chi connectivity index (χ1n) is 20.3. The minimum atomic E-state index is -1.24. The number of carbonyl (C=O) groups excluding carboxylic acids is 4.